The summed E-state index contributed by atoms with van der Waals surface area (Å²) in [6, 6.07) is 9.98. The second-order valence-electron chi connectivity index (χ2n) is 8.51. The minimum atomic E-state index is -4.60. The van der Waals surface area contributed by atoms with Crippen LogP contribution in [0.25, 0.3) is 11.5 Å². The third-order valence-electron chi connectivity index (χ3n) is 5.67. The summed E-state index contributed by atoms with van der Waals surface area (Å²) in [4.78, 5) is 29.8. The first kappa shape index (κ1) is 24.7. The number of amides is 1. The fraction of sp³-hybridized carbons (Fsp3) is 0.115. The number of alkyl halides is 3. The molecule has 5 aromatic rings. The van der Waals surface area contributed by atoms with Crippen LogP contribution in [-0.4, -0.2) is 35.0 Å². The molecule has 12 heteroatoms. The van der Waals surface area contributed by atoms with Gasteiger partial charge in [0.2, 0.25) is 5.95 Å². The van der Waals surface area contributed by atoms with Crippen LogP contribution in [0.2, 0.25) is 0 Å². The average molecular weight is 519 g/mol. The summed E-state index contributed by atoms with van der Waals surface area (Å²) in [6.45, 7) is 3.57. The molecule has 3 heterocycles. The van der Waals surface area contributed by atoms with Crippen LogP contribution in [0.3, 0.4) is 0 Å². The molecule has 0 bridgehead atoms. The second-order valence-corrected chi connectivity index (χ2v) is 8.51. The minimum Gasteiger partial charge on any atom is -0.324 e. The predicted octanol–water partition coefficient (Wildman–Crippen LogP) is 5.48. The maximum Gasteiger partial charge on any atom is 0.416 e. The van der Waals surface area contributed by atoms with Crippen LogP contribution in [0.4, 0.5) is 30.5 Å². The van der Waals surface area contributed by atoms with Crippen molar-refractivity contribution in [2.45, 2.75) is 20.0 Å². The molecule has 0 unspecified atom stereocenters. The van der Waals surface area contributed by atoms with Crippen molar-refractivity contribution in [1.29, 1.82) is 0 Å². The van der Waals surface area contributed by atoms with Crippen LogP contribution in [0.1, 0.15) is 27.2 Å². The summed E-state index contributed by atoms with van der Waals surface area (Å²) in [7, 11) is 0. The monoisotopic (exact) mass is 518 g/mol. The Hall–Kier alpha value is -5.00. The maximum atomic E-state index is 13.6. The molecule has 38 heavy (non-hydrogen) atoms. The van der Waals surface area contributed by atoms with Gasteiger partial charge >= 0.3 is 6.18 Å². The van der Waals surface area contributed by atoms with Gasteiger partial charge in [0.25, 0.3) is 5.91 Å². The van der Waals surface area contributed by atoms with Gasteiger partial charge in [-0.05, 0) is 55.8 Å². The number of nitrogens with one attached hydrogen (secondary N) is 2. The van der Waals surface area contributed by atoms with Gasteiger partial charge in [-0.25, -0.2) is 15.0 Å². The first-order valence-electron chi connectivity index (χ1n) is 11.4. The molecule has 3 aromatic heterocycles. The van der Waals surface area contributed by atoms with Crippen LogP contribution >= 0.6 is 0 Å². The lowest BCUT2D eigenvalue weighted by atomic mass is 10.1. The molecule has 0 saturated heterocycles. The van der Waals surface area contributed by atoms with Crippen molar-refractivity contribution in [1.82, 2.24) is 29.1 Å². The molecule has 0 atom stereocenters. The number of aromatic nitrogens is 6. The Kier molecular flexibility index (Phi) is 6.37. The van der Waals surface area contributed by atoms with Gasteiger partial charge in [-0.3, -0.25) is 9.36 Å². The van der Waals surface area contributed by atoms with Crippen LogP contribution < -0.4 is 10.6 Å². The Morgan fingerprint density at radius 3 is 2.50 bits per heavy atom. The summed E-state index contributed by atoms with van der Waals surface area (Å²) < 4.78 is 44.0. The van der Waals surface area contributed by atoms with Crippen molar-refractivity contribution in [3.63, 3.8) is 0 Å². The number of carbonyl (C=O) groups is 1. The summed E-state index contributed by atoms with van der Waals surface area (Å²) >= 11 is 0. The van der Waals surface area contributed by atoms with Gasteiger partial charge in [-0.2, -0.15) is 18.2 Å². The SMILES string of the molecule is Cc1cn(-c2cc(NC(=O)c3ccc(C)c(Nc4nccc(-n5ccnc5)n4)c3)cc(C(F)(F)F)c2)cn1. The Morgan fingerprint density at radius 1 is 0.947 bits per heavy atom. The van der Waals surface area contributed by atoms with Crippen LogP contribution in [0, 0.1) is 13.8 Å². The minimum absolute atomic E-state index is 0.00220. The average Bonchev–Trinajstić information content (AvgIpc) is 3.57. The molecule has 5 rings (SSSR count). The van der Waals surface area contributed by atoms with E-state index in [9.17, 15) is 18.0 Å². The first-order valence-corrected chi connectivity index (χ1v) is 11.4. The van der Waals surface area contributed by atoms with E-state index in [0.717, 1.165) is 17.7 Å². The number of rotatable bonds is 6. The lowest BCUT2D eigenvalue weighted by Gasteiger charge is -2.14. The van der Waals surface area contributed by atoms with E-state index in [0.29, 0.717) is 23.1 Å². The molecular formula is C26H21F3N8O. The quantitative estimate of drug-likeness (QED) is 0.309. The maximum absolute atomic E-state index is 13.6. The Labute approximate surface area is 215 Å². The number of benzene rings is 2. The van der Waals surface area contributed by atoms with Crippen molar-refractivity contribution in [3.05, 3.63) is 102 Å². The Morgan fingerprint density at radius 2 is 1.79 bits per heavy atom. The van der Waals surface area contributed by atoms with Crippen LogP contribution in [-0.2, 0) is 6.18 Å². The highest BCUT2D eigenvalue weighted by molar-refractivity contribution is 6.05. The standard InChI is InChI=1S/C26H21F3N8O/c1-16-3-4-18(9-22(16)34-25-31-6-5-23(35-25)36-8-7-30-14-36)24(38)33-20-10-19(26(27,28)29)11-21(12-20)37-13-17(2)32-15-37/h3-15H,1-2H3,(H,33,38)(H,31,34,35). The molecule has 0 aliphatic rings. The fourth-order valence-corrected chi connectivity index (χ4v) is 3.73. The molecule has 1 amide bonds. The molecule has 2 N–H and O–H groups in total. The van der Waals surface area contributed by atoms with E-state index >= 15 is 0 Å². The predicted molar refractivity (Wildman–Crippen MR) is 135 cm³/mol. The molecule has 0 spiro atoms. The van der Waals surface area contributed by atoms with Crippen molar-refractivity contribution in [2.24, 2.45) is 0 Å². The van der Waals surface area contributed by atoms with E-state index in [-0.39, 0.29) is 16.9 Å². The van der Waals surface area contributed by atoms with Crippen molar-refractivity contribution in [3.8, 4) is 11.5 Å². The highest BCUT2D eigenvalue weighted by atomic mass is 19.4. The molecule has 0 aliphatic carbocycles. The van der Waals surface area contributed by atoms with Crippen molar-refractivity contribution < 1.29 is 18.0 Å². The smallest absolute Gasteiger partial charge is 0.324 e. The second kappa shape index (κ2) is 9.81. The highest BCUT2D eigenvalue weighted by Gasteiger charge is 2.31. The molecule has 0 fully saturated rings. The number of halogens is 3. The van der Waals surface area contributed by atoms with E-state index in [4.69, 9.17) is 0 Å². The third-order valence-corrected chi connectivity index (χ3v) is 5.67. The van der Waals surface area contributed by atoms with Crippen LogP contribution in [0.5, 0.6) is 0 Å². The third kappa shape index (κ3) is 5.38. The van der Waals surface area contributed by atoms with Gasteiger partial charge < -0.3 is 15.2 Å². The van der Waals surface area contributed by atoms with Gasteiger partial charge in [0, 0.05) is 47.4 Å². The van der Waals surface area contributed by atoms with E-state index in [1.807, 2.05) is 6.92 Å². The van der Waals surface area contributed by atoms with Crippen molar-refractivity contribution in [2.75, 3.05) is 10.6 Å². The molecule has 2 aromatic carbocycles. The van der Waals surface area contributed by atoms with Gasteiger partial charge in [0.05, 0.1) is 17.6 Å². The molecule has 0 aliphatic heterocycles. The Bertz CT molecular complexity index is 1610. The summed E-state index contributed by atoms with van der Waals surface area (Å²) in [5.74, 6) is 0.322. The summed E-state index contributed by atoms with van der Waals surface area (Å²) in [5.41, 5.74) is 1.59. The number of hydrogen-bond donors (Lipinski definition) is 2. The van der Waals surface area contributed by atoms with E-state index < -0.39 is 17.6 Å². The zero-order valence-corrected chi connectivity index (χ0v) is 20.2. The van der Waals surface area contributed by atoms with Crippen molar-refractivity contribution >= 4 is 23.2 Å². The first-order chi connectivity index (χ1) is 18.2. The molecular weight excluding hydrogens is 497 g/mol. The molecule has 9 nitrogen and oxygen atoms in total. The largest absolute Gasteiger partial charge is 0.416 e. The van der Waals surface area contributed by atoms with Gasteiger partial charge in [0.1, 0.15) is 12.1 Å². The number of nitrogens with zero attached hydrogens (tertiary/aromatic N) is 6. The number of aryl methyl sites for hydroxylation is 2. The number of imidazole rings is 2. The van der Waals surface area contributed by atoms with Gasteiger partial charge in [-0.15, -0.1) is 0 Å². The Balaban J connectivity index is 1.41. The van der Waals surface area contributed by atoms with E-state index in [2.05, 4.69) is 30.6 Å². The van der Waals surface area contributed by atoms with Gasteiger partial charge in [0.15, 0.2) is 0 Å². The summed E-state index contributed by atoms with van der Waals surface area (Å²) in [6.07, 6.45) is 4.98. The van der Waals surface area contributed by atoms with Gasteiger partial charge in [-0.1, -0.05) is 6.07 Å². The number of carbonyl (C=O) groups excluding carboxylic acids is 1. The summed E-state index contributed by atoms with van der Waals surface area (Å²) in [5, 5.41) is 5.68. The molecule has 0 saturated carbocycles. The number of hydrogen-bond acceptors (Lipinski definition) is 6. The number of anilines is 3. The lowest BCUT2D eigenvalue weighted by Crippen LogP contribution is -2.14. The van der Waals surface area contributed by atoms with E-state index in [1.165, 1.54) is 17.0 Å². The normalized spacial score (nSPS) is 11.4. The molecule has 0 radical (unpaired) electrons. The lowest BCUT2D eigenvalue weighted by molar-refractivity contribution is -0.137. The molecule has 192 valence electrons. The fourth-order valence-electron chi connectivity index (χ4n) is 3.73. The van der Waals surface area contributed by atoms with Crippen LogP contribution in [0.15, 0.2) is 79.9 Å². The van der Waals surface area contributed by atoms with E-state index in [1.54, 1.807) is 66.9 Å². The zero-order valence-electron chi connectivity index (χ0n) is 20.2. The zero-order chi connectivity index (χ0) is 26.9. The topological polar surface area (TPSA) is 103 Å². The highest BCUT2D eigenvalue weighted by Crippen LogP contribution is 2.33.